The highest BCUT2D eigenvalue weighted by Gasteiger charge is 2.32. The highest BCUT2D eigenvalue weighted by Crippen LogP contribution is 2.36. The number of anilines is 1. The number of nitrogens with zero attached hydrogens (tertiary/aromatic N) is 1. The zero-order valence-corrected chi connectivity index (χ0v) is 13.3. The Balaban J connectivity index is 2.34. The normalized spacial score (nSPS) is 18.6. The van der Waals surface area contributed by atoms with E-state index < -0.39 is 0 Å². The lowest BCUT2D eigenvalue weighted by Gasteiger charge is -2.28. The molecule has 112 valence electrons. The molecule has 0 atom stereocenters. The monoisotopic (exact) mass is 326 g/mol. The number of allylic oxidation sites excluding steroid dienone is 2. The fourth-order valence-corrected chi connectivity index (χ4v) is 2.58. The Kier molecular flexibility index (Phi) is 4.30. The van der Waals surface area contributed by atoms with Crippen molar-refractivity contribution >= 4 is 46.6 Å². The van der Waals surface area contributed by atoms with Gasteiger partial charge in [0.05, 0.1) is 27.0 Å². The molecule has 4 nitrogen and oxygen atoms in total. The summed E-state index contributed by atoms with van der Waals surface area (Å²) in [5.41, 5.74) is 6.54. The number of nitrogens with two attached hydrogens (primary N) is 1. The maximum absolute atomic E-state index is 12.1. The van der Waals surface area contributed by atoms with Crippen LogP contribution in [0.3, 0.4) is 0 Å². The summed E-state index contributed by atoms with van der Waals surface area (Å²) >= 11 is 11.8. The molecule has 1 aromatic rings. The van der Waals surface area contributed by atoms with Crippen molar-refractivity contribution in [1.82, 2.24) is 0 Å². The lowest BCUT2D eigenvalue weighted by atomic mass is 9.77. The first-order chi connectivity index (χ1) is 9.69. The van der Waals surface area contributed by atoms with Crippen molar-refractivity contribution < 1.29 is 9.90 Å². The third kappa shape index (κ3) is 3.57. The molecule has 0 bridgehead atoms. The number of aliphatic hydroxyl groups is 1. The van der Waals surface area contributed by atoms with Gasteiger partial charge >= 0.3 is 0 Å². The number of Topliss-reactive ketones (excluding diaryl/α,β-unsaturated/α-hetero) is 1. The van der Waals surface area contributed by atoms with Crippen LogP contribution in [0.25, 0.3) is 0 Å². The third-order valence-electron chi connectivity index (χ3n) is 3.30. The Morgan fingerprint density at radius 3 is 2.52 bits per heavy atom. The third-order valence-corrected chi connectivity index (χ3v) is 4.02. The van der Waals surface area contributed by atoms with Crippen LogP contribution < -0.4 is 5.73 Å². The summed E-state index contributed by atoms with van der Waals surface area (Å²) in [6.07, 6.45) is 2.15. The van der Waals surface area contributed by atoms with Crippen molar-refractivity contribution in [2.24, 2.45) is 10.4 Å². The van der Waals surface area contributed by atoms with Crippen LogP contribution in [0.2, 0.25) is 10.0 Å². The van der Waals surface area contributed by atoms with Gasteiger partial charge < -0.3 is 10.8 Å². The number of ketones is 1. The number of aliphatic hydroxyl groups excluding tert-OH is 1. The summed E-state index contributed by atoms with van der Waals surface area (Å²) in [4.78, 5) is 16.2. The van der Waals surface area contributed by atoms with Gasteiger partial charge in [0.1, 0.15) is 5.76 Å². The molecule has 0 aliphatic heterocycles. The summed E-state index contributed by atoms with van der Waals surface area (Å²) in [7, 11) is 0. The van der Waals surface area contributed by atoms with E-state index in [-0.39, 0.29) is 22.5 Å². The maximum atomic E-state index is 12.1. The average molecular weight is 327 g/mol. The average Bonchev–Trinajstić information content (AvgIpc) is 2.32. The zero-order chi connectivity index (χ0) is 15.8. The van der Waals surface area contributed by atoms with Crippen LogP contribution in [0.5, 0.6) is 0 Å². The second-order valence-corrected chi connectivity index (χ2v) is 6.70. The van der Waals surface area contributed by atoms with Crippen LogP contribution >= 0.6 is 23.2 Å². The molecule has 0 saturated heterocycles. The van der Waals surface area contributed by atoms with E-state index in [0.717, 1.165) is 0 Å². The fourth-order valence-electron chi connectivity index (χ4n) is 2.25. The minimum absolute atomic E-state index is 0.0543. The van der Waals surface area contributed by atoms with E-state index in [4.69, 9.17) is 28.9 Å². The minimum Gasteiger partial charge on any atom is -0.511 e. The van der Waals surface area contributed by atoms with E-state index in [2.05, 4.69) is 4.99 Å². The van der Waals surface area contributed by atoms with Gasteiger partial charge in [0.15, 0.2) is 5.78 Å². The van der Waals surface area contributed by atoms with Crippen molar-refractivity contribution in [3.05, 3.63) is 33.5 Å². The smallest absolute Gasteiger partial charge is 0.168 e. The molecule has 0 spiro atoms. The minimum atomic E-state index is -0.235. The molecule has 1 aliphatic carbocycles. The summed E-state index contributed by atoms with van der Waals surface area (Å²) in [6.45, 7) is 3.87. The molecule has 0 saturated carbocycles. The summed E-state index contributed by atoms with van der Waals surface area (Å²) in [5.74, 6) is -0.0789. The predicted octanol–water partition coefficient (Wildman–Crippen LogP) is 4.48. The van der Waals surface area contributed by atoms with Gasteiger partial charge in [-0.1, -0.05) is 37.0 Å². The Morgan fingerprint density at radius 2 is 1.90 bits per heavy atom. The number of rotatable bonds is 2. The standard InChI is InChI=1S/C15H16Cl2N2O2/c1-15(2)5-13(20)8(14(21)6-15)7-19-12-4-10(17)9(16)3-11(12)18/h3-4,7,20H,5-6,18H2,1-2H3. The van der Waals surface area contributed by atoms with Gasteiger partial charge in [-0.05, 0) is 17.5 Å². The van der Waals surface area contributed by atoms with E-state index >= 15 is 0 Å². The van der Waals surface area contributed by atoms with Crippen LogP contribution in [0.15, 0.2) is 28.5 Å². The highest BCUT2D eigenvalue weighted by molar-refractivity contribution is 6.42. The zero-order valence-electron chi connectivity index (χ0n) is 11.8. The van der Waals surface area contributed by atoms with Crippen molar-refractivity contribution in [3.8, 4) is 0 Å². The van der Waals surface area contributed by atoms with E-state index in [9.17, 15) is 9.90 Å². The maximum Gasteiger partial charge on any atom is 0.168 e. The lowest BCUT2D eigenvalue weighted by Crippen LogP contribution is -2.26. The van der Waals surface area contributed by atoms with Crippen molar-refractivity contribution in [1.29, 1.82) is 0 Å². The van der Waals surface area contributed by atoms with Crippen LogP contribution in [0.1, 0.15) is 26.7 Å². The van der Waals surface area contributed by atoms with Gasteiger partial charge in [0.2, 0.25) is 0 Å². The van der Waals surface area contributed by atoms with E-state index in [0.29, 0.717) is 34.3 Å². The summed E-state index contributed by atoms with van der Waals surface area (Å²) in [6, 6.07) is 3.02. The first kappa shape index (κ1) is 15.9. The molecular weight excluding hydrogens is 311 g/mol. The predicted molar refractivity (Wildman–Crippen MR) is 86.7 cm³/mol. The fraction of sp³-hybridized carbons (Fsp3) is 0.333. The molecular formula is C15H16Cl2N2O2. The number of hydrogen-bond acceptors (Lipinski definition) is 4. The molecule has 0 radical (unpaired) electrons. The van der Waals surface area contributed by atoms with E-state index in [1.54, 1.807) is 0 Å². The number of hydrogen-bond donors (Lipinski definition) is 2. The molecule has 0 unspecified atom stereocenters. The summed E-state index contributed by atoms with van der Waals surface area (Å²) in [5, 5.41) is 10.7. The highest BCUT2D eigenvalue weighted by atomic mass is 35.5. The first-order valence-electron chi connectivity index (χ1n) is 6.43. The Hall–Kier alpha value is -1.52. The lowest BCUT2D eigenvalue weighted by molar-refractivity contribution is -0.117. The topological polar surface area (TPSA) is 75.7 Å². The molecule has 0 aromatic heterocycles. The molecule has 0 amide bonds. The molecule has 2 rings (SSSR count). The van der Waals surface area contributed by atoms with E-state index in [1.807, 2.05) is 13.8 Å². The van der Waals surface area contributed by atoms with Gasteiger partial charge in [0.25, 0.3) is 0 Å². The molecule has 0 heterocycles. The summed E-state index contributed by atoms with van der Waals surface area (Å²) < 4.78 is 0. The van der Waals surface area contributed by atoms with Gasteiger partial charge in [-0.3, -0.25) is 9.79 Å². The van der Waals surface area contributed by atoms with Gasteiger partial charge in [0, 0.05) is 19.1 Å². The van der Waals surface area contributed by atoms with Crippen LogP contribution in [-0.4, -0.2) is 17.1 Å². The molecule has 21 heavy (non-hydrogen) atoms. The van der Waals surface area contributed by atoms with Gasteiger partial charge in [-0.25, -0.2) is 0 Å². The number of aliphatic imine (C=N–C) groups is 1. The second-order valence-electron chi connectivity index (χ2n) is 5.88. The Morgan fingerprint density at radius 1 is 1.29 bits per heavy atom. The SMILES string of the molecule is CC1(C)CC(=O)C(C=Nc2cc(Cl)c(Cl)cc2N)=C(O)C1. The van der Waals surface area contributed by atoms with Gasteiger partial charge in [-0.2, -0.15) is 0 Å². The van der Waals surface area contributed by atoms with Crippen LogP contribution in [0.4, 0.5) is 11.4 Å². The number of benzene rings is 1. The van der Waals surface area contributed by atoms with Crippen molar-refractivity contribution in [2.45, 2.75) is 26.7 Å². The quantitative estimate of drug-likeness (QED) is 0.621. The van der Waals surface area contributed by atoms with Gasteiger partial charge in [-0.15, -0.1) is 0 Å². The number of carbonyl (C=O) groups excluding carboxylic acids is 1. The molecule has 0 fully saturated rings. The molecule has 1 aliphatic rings. The number of nitrogen functional groups attached to an aromatic ring is 1. The van der Waals surface area contributed by atoms with E-state index in [1.165, 1.54) is 18.3 Å². The molecule has 1 aromatic carbocycles. The van der Waals surface area contributed by atoms with Crippen molar-refractivity contribution in [2.75, 3.05) is 5.73 Å². The second kappa shape index (κ2) is 5.70. The van der Waals surface area contributed by atoms with Crippen molar-refractivity contribution in [3.63, 3.8) is 0 Å². The number of halogens is 2. The van der Waals surface area contributed by atoms with Crippen LogP contribution in [0, 0.1) is 5.41 Å². The Labute approximate surface area is 133 Å². The molecule has 6 heteroatoms. The Bertz CT molecular complexity index is 664. The number of carbonyl (C=O) groups is 1. The largest absolute Gasteiger partial charge is 0.511 e. The first-order valence-corrected chi connectivity index (χ1v) is 7.19. The molecule has 3 N–H and O–H groups in total. The van der Waals surface area contributed by atoms with Crippen LogP contribution in [-0.2, 0) is 4.79 Å².